The maximum absolute atomic E-state index is 4.36. The zero-order valence-electron chi connectivity index (χ0n) is 10.9. The second-order valence-corrected chi connectivity index (χ2v) is 4.09. The van der Waals surface area contributed by atoms with E-state index in [4.69, 9.17) is 0 Å². The summed E-state index contributed by atoms with van der Waals surface area (Å²) in [4.78, 5) is 8.48. The average molecular weight is 243 g/mol. The quantitative estimate of drug-likeness (QED) is 0.880. The molecule has 2 rings (SSSR count). The van der Waals surface area contributed by atoms with Gasteiger partial charge in [-0.25, -0.2) is 0 Å². The van der Waals surface area contributed by atoms with Crippen LogP contribution in [0.15, 0.2) is 24.7 Å². The summed E-state index contributed by atoms with van der Waals surface area (Å²) in [5, 5.41) is 11.6. The number of hydrogen-bond donors (Lipinski definition) is 1. The van der Waals surface area contributed by atoms with E-state index < -0.39 is 0 Å². The number of hydrogen-bond acceptors (Lipinski definition) is 5. The molecule has 94 valence electrons. The Morgan fingerprint density at radius 1 is 1.28 bits per heavy atom. The lowest BCUT2D eigenvalue weighted by Crippen LogP contribution is -2.21. The van der Waals surface area contributed by atoms with Gasteiger partial charge in [-0.15, -0.1) is 0 Å². The van der Waals surface area contributed by atoms with Crippen molar-refractivity contribution in [1.29, 1.82) is 0 Å². The molecule has 2 aromatic rings. The lowest BCUT2D eigenvalue weighted by Gasteiger charge is -2.18. The van der Waals surface area contributed by atoms with Crippen molar-refractivity contribution >= 4 is 0 Å². The van der Waals surface area contributed by atoms with Crippen LogP contribution in [-0.2, 0) is 6.42 Å². The molecular formula is C13H17N5. The Morgan fingerprint density at radius 2 is 2.11 bits per heavy atom. The van der Waals surface area contributed by atoms with Gasteiger partial charge in [-0.1, -0.05) is 6.92 Å². The van der Waals surface area contributed by atoms with Crippen LogP contribution in [0.5, 0.6) is 0 Å². The minimum absolute atomic E-state index is 0.00264. The molecule has 18 heavy (non-hydrogen) atoms. The zero-order chi connectivity index (χ0) is 13.0. The first kappa shape index (κ1) is 12.6. The smallest absolute Gasteiger partial charge is 0.0802 e. The van der Waals surface area contributed by atoms with Crippen LogP contribution in [0.2, 0.25) is 0 Å². The first-order chi connectivity index (χ1) is 8.76. The van der Waals surface area contributed by atoms with Gasteiger partial charge in [0.1, 0.15) is 0 Å². The lowest BCUT2D eigenvalue weighted by atomic mass is 10.0. The molecule has 2 aromatic heterocycles. The summed E-state index contributed by atoms with van der Waals surface area (Å²) >= 11 is 0. The highest BCUT2D eigenvalue weighted by atomic mass is 15.1. The largest absolute Gasteiger partial charge is 0.308 e. The summed E-state index contributed by atoms with van der Waals surface area (Å²) < 4.78 is 0. The molecule has 1 unspecified atom stereocenters. The second-order valence-electron chi connectivity index (χ2n) is 4.09. The van der Waals surface area contributed by atoms with E-state index in [1.54, 1.807) is 18.6 Å². The molecule has 0 saturated heterocycles. The molecule has 5 nitrogen and oxygen atoms in total. The standard InChI is InChI=1S/C13H17N5/c1-4-11-10(7-9(2)17-18-11)13(14-3)12-8-15-5-6-16-12/h5-8,13-14H,4H2,1-3H3. The monoisotopic (exact) mass is 243 g/mol. The van der Waals surface area contributed by atoms with Crippen molar-refractivity contribution in [2.75, 3.05) is 7.05 Å². The highest BCUT2D eigenvalue weighted by molar-refractivity contribution is 5.30. The fraction of sp³-hybridized carbons (Fsp3) is 0.385. The normalized spacial score (nSPS) is 12.4. The molecule has 0 saturated carbocycles. The van der Waals surface area contributed by atoms with Crippen LogP contribution in [0.4, 0.5) is 0 Å². The SMILES string of the molecule is CCc1nnc(C)cc1C(NC)c1cnccn1. The minimum atomic E-state index is 0.00264. The van der Waals surface area contributed by atoms with E-state index in [9.17, 15) is 0 Å². The molecule has 0 fully saturated rings. The first-order valence-corrected chi connectivity index (χ1v) is 6.02. The predicted molar refractivity (Wildman–Crippen MR) is 69.1 cm³/mol. The van der Waals surface area contributed by atoms with Gasteiger partial charge in [-0.2, -0.15) is 10.2 Å². The van der Waals surface area contributed by atoms with Crippen LogP contribution in [0.3, 0.4) is 0 Å². The molecule has 1 N–H and O–H groups in total. The van der Waals surface area contributed by atoms with E-state index in [2.05, 4.69) is 38.5 Å². The van der Waals surface area contributed by atoms with E-state index in [-0.39, 0.29) is 6.04 Å². The van der Waals surface area contributed by atoms with Crippen molar-refractivity contribution in [3.05, 3.63) is 47.3 Å². The number of aryl methyl sites for hydroxylation is 2. The molecule has 0 bridgehead atoms. The number of aromatic nitrogens is 4. The Labute approximate surface area is 107 Å². The fourth-order valence-electron chi connectivity index (χ4n) is 1.98. The molecule has 5 heteroatoms. The van der Waals surface area contributed by atoms with Crippen LogP contribution in [0, 0.1) is 6.92 Å². The number of nitrogens with one attached hydrogen (secondary N) is 1. The zero-order valence-corrected chi connectivity index (χ0v) is 10.9. The second kappa shape index (κ2) is 5.64. The van der Waals surface area contributed by atoms with Crippen LogP contribution in [0.1, 0.15) is 35.6 Å². The molecule has 2 heterocycles. The third-order valence-corrected chi connectivity index (χ3v) is 2.84. The molecule has 0 spiro atoms. The Bertz CT molecular complexity index is 512. The maximum atomic E-state index is 4.36. The molecule has 0 aromatic carbocycles. The van der Waals surface area contributed by atoms with Crippen molar-refractivity contribution in [2.45, 2.75) is 26.3 Å². The van der Waals surface area contributed by atoms with Gasteiger partial charge in [0, 0.05) is 18.0 Å². The van der Waals surface area contributed by atoms with Gasteiger partial charge in [0.25, 0.3) is 0 Å². The van der Waals surface area contributed by atoms with Crippen molar-refractivity contribution in [3.63, 3.8) is 0 Å². The molecule has 0 aliphatic rings. The summed E-state index contributed by atoms with van der Waals surface area (Å²) in [7, 11) is 1.91. The van der Waals surface area contributed by atoms with Gasteiger partial charge < -0.3 is 5.32 Å². The van der Waals surface area contributed by atoms with E-state index >= 15 is 0 Å². The number of rotatable bonds is 4. The van der Waals surface area contributed by atoms with Crippen LogP contribution < -0.4 is 5.32 Å². The van der Waals surface area contributed by atoms with Crippen LogP contribution >= 0.6 is 0 Å². The van der Waals surface area contributed by atoms with Crippen molar-refractivity contribution in [2.24, 2.45) is 0 Å². The van der Waals surface area contributed by atoms with Crippen molar-refractivity contribution in [1.82, 2.24) is 25.5 Å². The van der Waals surface area contributed by atoms with Gasteiger partial charge in [-0.05, 0) is 26.5 Å². The third kappa shape index (κ3) is 2.51. The number of nitrogens with zero attached hydrogens (tertiary/aromatic N) is 4. The molecule has 1 atom stereocenters. The Morgan fingerprint density at radius 3 is 2.72 bits per heavy atom. The van der Waals surface area contributed by atoms with Crippen LogP contribution in [0.25, 0.3) is 0 Å². The fourth-order valence-corrected chi connectivity index (χ4v) is 1.98. The van der Waals surface area contributed by atoms with E-state index in [1.807, 2.05) is 14.0 Å². The molecular weight excluding hydrogens is 226 g/mol. The average Bonchev–Trinajstić information content (AvgIpc) is 2.41. The first-order valence-electron chi connectivity index (χ1n) is 6.02. The van der Waals surface area contributed by atoms with E-state index in [0.29, 0.717) is 0 Å². The van der Waals surface area contributed by atoms with Gasteiger partial charge >= 0.3 is 0 Å². The lowest BCUT2D eigenvalue weighted by molar-refractivity contribution is 0.647. The third-order valence-electron chi connectivity index (χ3n) is 2.84. The summed E-state index contributed by atoms with van der Waals surface area (Å²) in [5.41, 5.74) is 3.91. The minimum Gasteiger partial charge on any atom is -0.308 e. The summed E-state index contributed by atoms with van der Waals surface area (Å²) in [6, 6.07) is 2.06. The highest BCUT2D eigenvalue weighted by Crippen LogP contribution is 2.22. The molecule has 0 amide bonds. The van der Waals surface area contributed by atoms with Gasteiger partial charge in [0.15, 0.2) is 0 Å². The van der Waals surface area contributed by atoms with Gasteiger partial charge in [-0.3, -0.25) is 9.97 Å². The van der Waals surface area contributed by atoms with Crippen molar-refractivity contribution < 1.29 is 0 Å². The Kier molecular flexibility index (Phi) is 3.94. The Balaban J connectivity index is 2.48. The van der Waals surface area contributed by atoms with Gasteiger partial charge in [0.2, 0.25) is 0 Å². The predicted octanol–water partition coefficient (Wildman–Crippen LogP) is 1.45. The summed E-state index contributed by atoms with van der Waals surface area (Å²) in [6.07, 6.45) is 6.00. The molecule has 0 radical (unpaired) electrons. The van der Waals surface area contributed by atoms with Crippen molar-refractivity contribution in [3.8, 4) is 0 Å². The van der Waals surface area contributed by atoms with E-state index in [0.717, 1.165) is 29.1 Å². The topological polar surface area (TPSA) is 63.6 Å². The Hall–Kier alpha value is -1.88. The molecule has 0 aliphatic carbocycles. The summed E-state index contributed by atoms with van der Waals surface area (Å²) in [5.74, 6) is 0. The molecule has 0 aliphatic heterocycles. The maximum Gasteiger partial charge on any atom is 0.0802 e. The van der Waals surface area contributed by atoms with Gasteiger partial charge in [0.05, 0.1) is 29.3 Å². The highest BCUT2D eigenvalue weighted by Gasteiger charge is 2.18. The van der Waals surface area contributed by atoms with Crippen LogP contribution in [-0.4, -0.2) is 27.2 Å². The summed E-state index contributed by atoms with van der Waals surface area (Å²) in [6.45, 7) is 4.02. The van der Waals surface area contributed by atoms with E-state index in [1.165, 1.54) is 0 Å².